The van der Waals surface area contributed by atoms with E-state index in [-0.39, 0.29) is 17.3 Å². The van der Waals surface area contributed by atoms with Crippen molar-refractivity contribution in [2.45, 2.75) is 44.6 Å². The van der Waals surface area contributed by atoms with E-state index in [0.717, 1.165) is 68.8 Å². The van der Waals surface area contributed by atoms with Gasteiger partial charge in [0.15, 0.2) is 11.9 Å². The zero-order valence-corrected chi connectivity index (χ0v) is 20.1. The van der Waals surface area contributed by atoms with Gasteiger partial charge in [0.05, 0.1) is 12.0 Å². The van der Waals surface area contributed by atoms with Crippen molar-refractivity contribution in [2.24, 2.45) is 0 Å². The van der Waals surface area contributed by atoms with E-state index < -0.39 is 17.0 Å². The van der Waals surface area contributed by atoms with Crippen molar-refractivity contribution in [3.8, 4) is 5.75 Å². The number of nitro benzene ring substituents is 1. The van der Waals surface area contributed by atoms with Crippen molar-refractivity contribution < 1.29 is 23.6 Å². The number of hydrogen-bond donors (Lipinski definition) is 0. The van der Waals surface area contributed by atoms with Crippen molar-refractivity contribution in [1.82, 2.24) is 4.90 Å². The molecule has 4 rings (SSSR count). The Morgan fingerprint density at radius 2 is 1.80 bits per heavy atom. The van der Waals surface area contributed by atoms with E-state index in [2.05, 4.69) is 9.80 Å². The maximum absolute atomic E-state index is 13.2. The minimum atomic E-state index is -0.902. The first kappa shape index (κ1) is 24.9. The molecule has 0 amide bonds. The van der Waals surface area contributed by atoms with Crippen molar-refractivity contribution in [3.63, 3.8) is 0 Å². The summed E-state index contributed by atoms with van der Waals surface area (Å²) in [6.45, 7) is 4.17. The van der Waals surface area contributed by atoms with E-state index in [4.69, 9.17) is 9.47 Å². The van der Waals surface area contributed by atoms with Crippen LogP contribution in [0.4, 0.5) is 15.8 Å². The van der Waals surface area contributed by atoms with E-state index in [1.807, 2.05) is 6.07 Å². The van der Waals surface area contributed by atoms with Crippen LogP contribution in [0.25, 0.3) is 0 Å². The molecular weight excluding hydrogens is 453 g/mol. The average molecular weight is 486 g/mol. The first-order chi connectivity index (χ1) is 17.0. The number of rotatable bonds is 9. The van der Waals surface area contributed by atoms with Crippen LogP contribution in [0.1, 0.15) is 36.8 Å². The van der Waals surface area contributed by atoms with Crippen LogP contribution >= 0.6 is 0 Å². The van der Waals surface area contributed by atoms with Gasteiger partial charge in [-0.05, 0) is 81.0 Å². The molecule has 0 bridgehead atoms. The van der Waals surface area contributed by atoms with Crippen molar-refractivity contribution in [1.29, 1.82) is 0 Å². The number of benzene rings is 2. The van der Waals surface area contributed by atoms with Crippen LogP contribution in [0, 0.1) is 15.9 Å². The maximum Gasteiger partial charge on any atom is 0.347 e. The summed E-state index contributed by atoms with van der Waals surface area (Å²) in [4.78, 5) is 28.4. The Labute approximate surface area is 204 Å². The van der Waals surface area contributed by atoms with Crippen LogP contribution in [-0.4, -0.2) is 61.7 Å². The van der Waals surface area contributed by atoms with Gasteiger partial charge >= 0.3 is 11.7 Å². The lowest BCUT2D eigenvalue weighted by atomic mass is 9.90. The molecule has 1 aliphatic carbocycles. The summed E-state index contributed by atoms with van der Waals surface area (Å²) in [6, 6.07) is 10.0. The number of fused-ring (bicyclic) bond motifs is 1. The van der Waals surface area contributed by atoms with Gasteiger partial charge in [0.2, 0.25) is 0 Å². The third-order valence-electron chi connectivity index (χ3n) is 6.89. The highest BCUT2D eigenvalue weighted by atomic mass is 19.1. The molecular formula is C26H32FN3O5. The number of anilines is 1. The molecule has 1 saturated heterocycles. The zero-order chi connectivity index (χ0) is 24.8. The second-order valence-corrected chi connectivity index (χ2v) is 9.09. The second kappa shape index (κ2) is 11.5. The monoisotopic (exact) mass is 485 g/mol. The predicted molar refractivity (Wildman–Crippen MR) is 130 cm³/mol. The SMILES string of the molecule is COC(=O)C(CCCN1CCN(c2ccc(F)cc2)CC1)Oc1ccc2c(c1[N+](=O)[O-])CCCC2. The summed E-state index contributed by atoms with van der Waals surface area (Å²) >= 11 is 0. The number of piperazine rings is 1. The van der Waals surface area contributed by atoms with Crippen molar-refractivity contribution >= 4 is 17.3 Å². The van der Waals surface area contributed by atoms with Crippen LogP contribution in [0.2, 0.25) is 0 Å². The quantitative estimate of drug-likeness (QED) is 0.300. The van der Waals surface area contributed by atoms with E-state index in [1.165, 1.54) is 19.2 Å². The van der Waals surface area contributed by atoms with Crippen LogP contribution in [-0.2, 0) is 22.4 Å². The number of hydrogen-bond acceptors (Lipinski definition) is 7. The summed E-state index contributed by atoms with van der Waals surface area (Å²) in [5.41, 5.74) is 2.70. The zero-order valence-electron chi connectivity index (χ0n) is 20.1. The largest absolute Gasteiger partial charge is 0.472 e. The number of carbonyl (C=O) groups excluding carboxylic acids is 1. The summed E-state index contributed by atoms with van der Waals surface area (Å²) in [7, 11) is 1.30. The minimum Gasteiger partial charge on any atom is -0.472 e. The van der Waals surface area contributed by atoms with Crippen molar-refractivity contribution in [3.05, 3.63) is 63.5 Å². The van der Waals surface area contributed by atoms with E-state index >= 15 is 0 Å². The molecule has 0 spiro atoms. The Bertz CT molecular complexity index is 1040. The molecule has 0 N–H and O–H groups in total. The summed E-state index contributed by atoms with van der Waals surface area (Å²) in [6.07, 6.45) is 3.59. The molecule has 35 heavy (non-hydrogen) atoms. The molecule has 1 heterocycles. The molecule has 0 aromatic heterocycles. The van der Waals surface area contributed by atoms with Crippen molar-refractivity contribution in [2.75, 3.05) is 44.7 Å². The molecule has 188 valence electrons. The molecule has 1 aliphatic heterocycles. The van der Waals surface area contributed by atoms with Gasteiger partial charge in [-0.15, -0.1) is 0 Å². The number of halogens is 1. The standard InChI is InChI=1S/C26H32FN3O5/c1-34-26(31)24(35-23-13-8-19-5-2-3-6-22(19)25(23)30(32)33)7-4-14-28-15-17-29(18-16-28)21-11-9-20(27)10-12-21/h8-13,24H,2-7,14-18H2,1H3. The van der Waals surface area contributed by atoms with Gasteiger partial charge < -0.3 is 14.4 Å². The number of carbonyl (C=O) groups is 1. The normalized spacial score (nSPS) is 16.9. The fourth-order valence-electron chi connectivity index (χ4n) is 4.97. The van der Waals surface area contributed by atoms with Gasteiger partial charge in [0, 0.05) is 37.4 Å². The number of nitrogens with zero attached hydrogens (tertiary/aromatic N) is 3. The summed E-state index contributed by atoms with van der Waals surface area (Å²) in [5.74, 6) is -0.632. The lowest BCUT2D eigenvalue weighted by Crippen LogP contribution is -2.46. The van der Waals surface area contributed by atoms with Gasteiger partial charge in [0.25, 0.3) is 0 Å². The fraction of sp³-hybridized carbons (Fsp3) is 0.500. The van der Waals surface area contributed by atoms with Crippen LogP contribution in [0.15, 0.2) is 36.4 Å². The molecule has 2 aliphatic rings. The first-order valence-corrected chi connectivity index (χ1v) is 12.2. The summed E-state index contributed by atoms with van der Waals surface area (Å²) < 4.78 is 24.0. The lowest BCUT2D eigenvalue weighted by molar-refractivity contribution is -0.386. The minimum absolute atomic E-state index is 0.0204. The first-order valence-electron chi connectivity index (χ1n) is 12.2. The highest BCUT2D eigenvalue weighted by Gasteiger charge is 2.30. The van der Waals surface area contributed by atoms with Gasteiger partial charge in [-0.25, -0.2) is 9.18 Å². The number of nitro groups is 1. The van der Waals surface area contributed by atoms with Crippen LogP contribution < -0.4 is 9.64 Å². The molecule has 0 saturated carbocycles. The smallest absolute Gasteiger partial charge is 0.347 e. The Morgan fingerprint density at radius 1 is 1.09 bits per heavy atom. The van der Waals surface area contributed by atoms with Crippen LogP contribution in [0.3, 0.4) is 0 Å². The maximum atomic E-state index is 13.2. The average Bonchev–Trinajstić information content (AvgIpc) is 2.88. The Morgan fingerprint density at radius 3 is 2.49 bits per heavy atom. The number of methoxy groups -OCH3 is 1. The number of ether oxygens (including phenoxy) is 2. The number of aryl methyl sites for hydroxylation is 1. The van der Waals surface area contributed by atoms with E-state index in [0.29, 0.717) is 19.3 Å². The van der Waals surface area contributed by atoms with E-state index in [1.54, 1.807) is 18.2 Å². The molecule has 2 aromatic carbocycles. The molecule has 1 fully saturated rings. The third kappa shape index (κ3) is 6.08. The second-order valence-electron chi connectivity index (χ2n) is 9.09. The molecule has 8 nitrogen and oxygen atoms in total. The van der Waals surface area contributed by atoms with Gasteiger partial charge in [-0.1, -0.05) is 6.07 Å². The highest BCUT2D eigenvalue weighted by Crippen LogP contribution is 2.38. The Hall–Kier alpha value is -3.20. The van der Waals surface area contributed by atoms with Gasteiger partial charge in [0.1, 0.15) is 5.82 Å². The molecule has 0 radical (unpaired) electrons. The Balaban J connectivity index is 1.34. The number of esters is 1. The van der Waals surface area contributed by atoms with Gasteiger partial charge in [-0.2, -0.15) is 0 Å². The lowest BCUT2D eigenvalue weighted by Gasteiger charge is -2.36. The summed E-state index contributed by atoms with van der Waals surface area (Å²) in [5, 5.41) is 11.9. The molecule has 1 unspecified atom stereocenters. The molecule has 9 heteroatoms. The Kier molecular flexibility index (Phi) is 8.17. The molecule has 2 aromatic rings. The van der Waals surface area contributed by atoms with E-state index in [9.17, 15) is 19.3 Å². The predicted octanol–water partition coefficient (Wildman–Crippen LogP) is 4.14. The highest BCUT2D eigenvalue weighted by molar-refractivity contribution is 5.75. The fourth-order valence-corrected chi connectivity index (χ4v) is 4.97. The molecule has 1 atom stereocenters. The van der Waals surface area contributed by atoms with Gasteiger partial charge in [-0.3, -0.25) is 15.0 Å². The topological polar surface area (TPSA) is 85.2 Å². The third-order valence-corrected chi connectivity index (χ3v) is 6.89. The van der Waals surface area contributed by atoms with Crippen LogP contribution in [0.5, 0.6) is 5.75 Å².